The Morgan fingerprint density at radius 3 is 1.86 bits per heavy atom. The van der Waals surface area contributed by atoms with Crippen LogP contribution in [-0.4, -0.2) is 51.6 Å². The third-order valence-electron chi connectivity index (χ3n) is 6.38. The zero-order chi connectivity index (χ0) is 25.7. The molecule has 5 aromatic rings. The second-order valence-corrected chi connectivity index (χ2v) is 8.73. The number of benzene rings is 3. The highest BCUT2D eigenvalue weighted by atomic mass is 16.6. The van der Waals surface area contributed by atoms with E-state index < -0.39 is 11.5 Å². The molecule has 0 saturated carbocycles. The molecule has 37 heavy (non-hydrogen) atoms. The number of methoxy groups -OCH3 is 1. The largest absolute Gasteiger partial charge is 0.389 e. The van der Waals surface area contributed by atoms with E-state index in [4.69, 9.17) is 19.5 Å². The van der Waals surface area contributed by atoms with E-state index in [-0.39, 0.29) is 13.2 Å². The number of nitrogens with zero attached hydrogens (tertiary/aromatic N) is 4. The molecular weight excluding hydrogens is 466 g/mol. The summed E-state index contributed by atoms with van der Waals surface area (Å²) < 4.78 is 6.95. The van der Waals surface area contributed by atoms with Gasteiger partial charge in [-0.1, -0.05) is 91.0 Å². The Morgan fingerprint density at radius 1 is 0.838 bits per heavy atom. The molecule has 3 aromatic carbocycles. The van der Waals surface area contributed by atoms with Gasteiger partial charge >= 0.3 is 0 Å². The van der Waals surface area contributed by atoms with Crippen LogP contribution in [0.5, 0.6) is 0 Å². The molecule has 0 fully saturated rings. The van der Waals surface area contributed by atoms with Gasteiger partial charge < -0.3 is 14.4 Å². The molecule has 0 aliphatic rings. The second kappa shape index (κ2) is 10.9. The van der Waals surface area contributed by atoms with Gasteiger partial charge in [-0.25, -0.2) is 20.4 Å². The maximum absolute atomic E-state index is 10.5. The van der Waals surface area contributed by atoms with Crippen molar-refractivity contribution in [2.45, 2.75) is 18.1 Å². The summed E-state index contributed by atoms with van der Waals surface area (Å²) in [5, 5.41) is 10.5. The van der Waals surface area contributed by atoms with Crippen LogP contribution in [0, 0.1) is 0 Å². The van der Waals surface area contributed by atoms with E-state index in [1.807, 2.05) is 59.2 Å². The van der Waals surface area contributed by atoms with Crippen LogP contribution in [0.3, 0.4) is 0 Å². The highest BCUT2D eigenvalue weighted by Crippen LogP contribution is 2.44. The zero-order valence-corrected chi connectivity index (χ0v) is 20.8. The monoisotopic (exact) mass is 495 g/mol. The molecule has 0 saturated heterocycles. The van der Waals surface area contributed by atoms with Gasteiger partial charge in [-0.05, 0) is 16.7 Å². The van der Waals surface area contributed by atoms with Gasteiger partial charge in [0.1, 0.15) is 5.41 Å². The quantitative estimate of drug-likeness (QED) is 0.222. The van der Waals surface area contributed by atoms with E-state index in [9.17, 15) is 5.11 Å². The number of ether oxygens (including phenoxy) is 1. The zero-order valence-electron chi connectivity index (χ0n) is 20.8. The summed E-state index contributed by atoms with van der Waals surface area (Å²) in [5.74, 6) is 0.987. The topological polar surface area (TPSA) is 94.3 Å². The third kappa shape index (κ3) is 4.58. The van der Waals surface area contributed by atoms with Crippen LogP contribution in [0.2, 0.25) is 0 Å². The molecule has 0 bridgehead atoms. The van der Waals surface area contributed by atoms with Crippen molar-refractivity contribution in [2.75, 3.05) is 26.3 Å². The first kappa shape index (κ1) is 24.6. The maximum Gasteiger partial charge on any atom is 0.181 e. The van der Waals surface area contributed by atoms with Crippen molar-refractivity contribution in [3.05, 3.63) is 120 Å². The van der Waals surface area contributed by atoms with Crippen molar-refractivity contribution in [3.8, 4) is 0 Å². The molecule has 5 rings (SSSR count). The van der Waals surface area contributed by atoms with Gasteiger partial charge in [-0.2, -0.15) is 0 Å². The summed E-state index contributed by atoms with van der Waals surface area (Å²) in [7, 11) is 3.09. The van der Waals surface area contributed by atoms with Crippen LogP contribution < -0.4 is 5.48 Å². The Hall–Kier alpha value is -4.11. The number of hydrogen-bond donors (Lipinski definition) is 2. The molecule has 8 nitrogen and oxygen atoms in total. The van der Waals surface area contributed by atoms with E-state index in [1.54, 1.807) is 13.4 Å². The molecular formula is C29H29N5O3. The predicted octanol–water partition coefficient (Wildman–Crippen LogP) is 4.19. The molecule has 0 aliphatic carbocycles. The molecule has 0 unspecified atom stereocenters. The van der Waals surface area contributed by atoms with Gasteiger partial charge in [-0.15, -0.1) is 0 Å². The van der Waals surface area contributed by atoms with Crippen LogP contribution >= 0.6 is 0 Å². The average molecular weight is 496 g/mol. The Morgan fingerprint density at radius 2 is 1.38 bits per heavy atom. The number of anilines is 1. The van der Waals surface area contributed by atoms with Gasteiger partial charge in [-0.3, -0.25) is 4.84 Å². The summed E-state index contributed by atoms with van der Waals surface area (Å²) in [6.45, 7) is 0.463. The molecule has 2 heterocycles. The van der Waals surface area contributed by atoms with Gasteiger partial charge in [0.15, 0.2) is 22.8 Å². The van der Waals surface area contributed by atoms with Gasteiger partial charge in [0, 0.05) is 7.11 Å². The summed E-state index contributed by atoms with van der Waals surface area (Å²) >= 11 is 0. The van der Waals surface area contributed by atoms with E-state index in [2.05, 4.69) is 46.9 Å². The van der Waals surface area contributed by atoms with Crippen molar-refractivity contribution in [1.82, 2.24) is 19.5 Å². The Balaban J connectivity index is 1.86. The average Bonchev–Trinajstić information content (AvgIpc) is 3.34. The van der Waals surface area contributed by atoms with Crippen LogP contribution in [0.4, 0.5) is 5.82 Å². The van der Waals surface area contributed by atoms with Crippen molar-refractivity contribution >= 4 is 17.0 Å². The normalized spacial score (nSPS) is 12.5. The summed E-state index contributed by atoms with van der Waals surface area (Å²) in [4.78, 5) is 20.0. The summed E-state index contributed by atoms with van der Waals surface area (Å²) in [6.07, 6.45) is 0.930. The number of rotatable bonds is 10. The Labute approximate surface area is 215 Å². The standard InChI is InChI=1S/C29H29N5O3/c1-36-19-24(35)18-34-20-30-25-26(33-37-2)31-28(32-27(25)34)29(21-12-6-3-7-13-21,22-14-8-4-9-15-22)23-16-10-5-11-17-23/h3-17,20,24,35H,18-19H2,1-2H3,(H,31,32,33)/t24-/m0/s1. The number of nitrogens with one attached hydrogen (secondary N) is 1. The Bertz CT molecular complexity index is 1350. The van der Waals surface area contributed by atoms with E-state index in [0.29, 0.717) is 22.8 Å². The third-order valence-corrected chi connectivity index (χ3v) is 6.38. The lowest BCUT2D eigenvalue weighted by Crippen LogP contribution is -2.33. The molecule has 0 radical (unpaired) electrons. The van der Waals surface area contributed by atoms with E-state index in [1.165, 1.54) is 7.11 Å². The van der Waals surface area contributed by atoms with Crippen molar-refractivity contribution in [2.24, 2.45) is 0 Å². The van der Waals surface area contributed by atoms with Crippen molar-refractivity contribution < 1.29 is 14.7 Å². The molecule has 188 valence electrons. The number of fused-ring (bicyclic) bond motifs is 1. The van der Waals surface area contributed by atoms with Gasteiger partial charge in [0.25, 0.3) is 0 Å². The second-order valence-electron chi connectivity index (χ2n) is 8.73. The highest BCUT2D eigenvalue weighted by molar-refractivity contribution is 5.83. The first-order chi connectivity index (χ1) is 18.2. The lowest BCUT2D eigenvalue weighted by molar-refractivity contribution is 0.0542. The van der Waals surface area contributed by atoms with Crippen LogP contribution in [0.15, 0.2) is 97.3 Å². The first-order valence-electron chi connectivity index (χ1n) is 12.0. The Kier molecular flexibility index (Phi) is 7.23. The molecule has 0 spiro atoms. The fraction of sp³-hybridized carbons (Fsp3) is 0.207. The lowest BCUT2D eigenvalue weighted by atomic mass is 9.68. The summed E-state index contributed by atoms with van der Waals surface area (Å²) in [6, 6.07) is 30.7. The van der Waals surface area contributed by atoms with Crippen molar-refractivity contribution in [1.29, 1.82) is 0 Å². The fourth-order valence-electron chi connectivity index (χ4n) is 4.84. The molecule has 1 atom stereocenters. The van der Waals surface area contributed by atoms with Crippen LogP contribution in [0.25, 0.3) is 11.2 Å². The van der Waals surface area contributed by atoms with Crippen LogP contribution in [0.1, 0.15) is 22.5 Å². The minimum Gasteiger partial charge on any atom is -0.389 e. The SMILES string of the molecule is COC[C@@H](O)Cn1cnc2c(NOC)nc(C(c3ccccc3)(c3ccccc3)c3ccccc3)nc21. The number of aromatic nitrogens is 4. The fourth-order valence-corrected chi connectivity index (χ4v) is 4.84. The molecule has 2 aromatic heterocycles. The smallest absolute Gasteiger partial charge is 0.181 e. The van der Waals surface area contributed by atoms with Crippen LogP contribution in [-0.2, 0) is 21.5 Å². The highest BCUT2D eigenvalue weighted by Gasteiger charge is 2.42. The lowest BCUT2D eigenvalue weighted by Gasteiger charge is -2.34. The number of hydrogen-bond acceptors (Lipinski definition) is 7. The molecule has 0 aliphatic heterocycles. The van der Waals surface area contributed by atoms with E-state index >= 15 is 0 Å². The van der Waals surface area contributed by atoms with E-state index in [0.717, 1.165) is 16.7 Å². The number of imidazole rings is 1. The molecule has 0 amide bonds. The number of aliphatic hydroxyl groups excluding tert-OH is 1. The van der Waals surface area contributed by atoms with Crippen molar-refractivity contribution in [3.63, 3.8) is 0 Å². The molecule has 8 heteroatoms. The predicted molar refractivity (Wildman–Crippen MR) is 142 cm³/mol. The minimum absolute atomic E-state index is 0.197. The number of aliphatic hydroxyl groups is 1. The summed E-state index contributed by atoms with van der Waals surface area (Å²) in [5.41, 5.74) is 6.21. The minimum atomic E-state index is -0.845. The maximum atomic E-state index is 10.5. The first-order valence-corrected chi connectivity index (χ1v) is 12.0. The van der Waals surface area contributed by atoms with Gasteiger partial charge in [0.05, 0.1) is 32.7 Å². The van der Waals surface area contributed by atoms with Gasteiger partial charge in [0.2, 0.25) is 0 Å². The molecule has 2 N–H and O–H groups in total.